The lowest BCUT2D eigenvalue weighted by Crippen LogP contribution is -2.27. The number of fused-ring (bicyclic) bond motifs is 1. The van der Waals surface area contributed by atoms with E-state index in [1.165, 1.54) is 0 Å². The van der Waals surface area contributed by atoms with Gasteiger partial charge in [-0.05, 0) is 29.8 Å². The van der Waals surface area contributed by atoms with Gasteiger partial charge < -0.3 is 14.8 Å². The van der Waals surface area contributed by atoms with Gasteiger partial charge in [-0.1, -0.05) is 12.1 Å². The highest BCUT2D eigenvalue weighted by Gasteiger charge is 2.38. The second-order valence-corrected chi connectivity index (χ2v) is 6.56. The van der Waals surface area contributed by atoms with Crippen LogP contribution in [-0.4, -0.2) is 38.9 Å². The molecule has 1 aliphatic rings. The van der Waals surface area contributed by atoms with Crippen molar-refractivity contribution in [3.8, 4) is 0 Å². The van der Waals surface area contributed by atoms with Gasteiger partial charge in [0.2, 0.25) is 11.9 Å². The van der Waals surface area contributed by atoms with E-state index in [0.717, 1.165) is 22.5 Å². The fourth-order valence-corrected chi connectivity index (χ4v) is 3.72. The SMILES string of the molecule is CN1C(=O)C[C@@H](CNc2nc3ccccc3n2C)[C@@H]1c1ccncc1. The molecule has 2 aromatic heterocycles. The van der Waals surface area contributed by atoms with Crippen molar-refractivity contribution in [2.24, 2.45) is 13.0 Å². The Labute approximate surface area is 146 Å². The van der Waals surface area contributed by atoms with E-state index in [2.05, 4.69) is 25.9 Å². The highest BCUT2D eigenvalue weighted by molar-refractivity contribution is 5.80. The van der Waals surface area contributed by atoms with Crippen molar-refractivity contribution in [2.75, 3.05) is 18.9 Å². The molecule has 2 atom stereocenters. The number of hydrogen-bond acceptors (Lipinski definition) is 4. The van der Waals surface area contributed by atoms with Gasteiger partial charge in [0.05, 0.1) is 17.1 Å². The molecule has 128 valence electrons. The van der Waals surface area contributed by atoms with Gasteiger partial charge >= 0.3 is 0 Å². The van der Waals surface area contributed by atoms with Crippen LogP contribution >= 0.6 is 0 Å². The van der Waals surface area contributed by atoms with E-state index in [4.69, 9.17) is 0 Å². The average molecular weight is 335 g/mol. The number of carbonyl (C=O) groups excluding carboxylic acids is 1. The standard InChI is InChI=1S/C19H21N5O/c1-23-16-6-4-3-5-15(16)22-19(23)21-12-14-11-17(25)24(2)18(14)13-7-9-20-10-8-13/h3-10,14,18H,11-12H2,1-2H3,(H,21,22)/t14-,18-/m0/s1. The summed E-state index contributed by atoms with van der Waals surface area (Å²) in [7, 11) is 3.88. The molecule has 1 fully saturated rings. The molecule has 1 aromatic carbocycles. The van der Waals surface area contributed by atoms with Crippen molar-refractivity contribution in [3.63, 3.8) is 0 Å². The number of rotatable bonds is 4. The Hall–Kier alpha value is -2.89. The zero-order chi connectivity index (χ0) is 17.4. The topological polar surface area (TPSA) is 63.1 Å². The van der Waals surface area contributed by atoms with Gasteiger partial charge in [-0.2, -0.15) is 0 Å². The lowest BCUT2D eigenvalue weighted by molar-refractivity contribution is -0.127. The second kappa shape index (κ2) is 6.20. The van der Waals surface area contributed by atoms with E-state index in [-0.39, 0.29) is 17.9 Å². The van der Waals surface area contributed by atoms with Gasteiger partial charge in [-0.25, -0.2) is 4.98 Å². The number of pyridine rings is 1. The van der Waals surface area contributed by atoms with Crippen LogP contribution in [0.15, 0.2) is 48.8 Å². The number of aromatic nitrogens is 3. The van der Waals surface area contributed by atoms with Gasteiger partial charge in [-0.3, -0.25) is 9.78 Å². The van der Waals surface area contributed by atoms with E-state index in [0.29, 0.717) is 13.0 Å². The summed E-state index contributed by atoms with van der Waals surface area (Å²) in [4.78, 5) is 22.8. The number of carbonyl (C=O) groups is 1. The van der Waals surface area contributed by atoms with E-state index in [9.17, 15) is 4.79 Å². The van der Waals surface area contributed by atoms with Crippen LogP contribution in [0.25, 0.3) is 11.0 Å². The highest BCUT2D eigenvalue weighted by Crippen LogP contribution is 2.36. The number of para-hydroxylation sites is 2. The fourth-order valence-electron chi connectivity index (χ4n) is 3.72. The van der Waals surface area contributed by atoms with Crippen molar-refractivity contribution < 1.29 is 4.79 Å². The van der Waals surface area contributed by atoms with Crippen LogP contribution in [0, 0.1) is 5.92 Å². The number of likely N-dealkylation sites (tertiary alicyclic amines) is 1. The molecule has 0 bridgehead atoms. The molecule has 1 amide bonds. The Balaban J connectivity index is 1.56. The minimum absolute atomic E-state index is 0.0673. The molecule has 6 nitrogen and oxygen atoms in total. The summed E-state index contributed by atoms with van der Waals surface area (Å²) in [5.41, 5.74) is 3.19. The van der Waals surface area contributed by atoms with Crippen LogP contribution in [0.4, 0.5) is 5.95 Å². The van der Waals surface area contributed by atoms with Crippen molar-refractivity contribution in [2.45, 2.75) is 12.5 Å². The lowest BCUT2D eigenvalue weighted by atomic mass is 9.94. The molecule has 6 heteroatoms. The maximum absolute atomic E-state index is 12.2. The molecule has 3 heterocycles. The lowest BCUT2D eigenvalue weighted by Gasteiger charge is -2.25. The van der Waals surface area contributed by atoms with Gasteiger partial charge in [0.1, 0.15) is 0 Å². The van der Waals surface area contributed by atoms with Crippen LogP contribution in [0.5, 0.6) is 0 Å². The first-order valence-electron chi connectivity index (χ1n) is 8.46. The Kier molecular flexibility index (Phi) is 3.87. The molecule has 0 aliphatic carbocycles. The van der Waals surface area contributed by atoms with Crippen molar-refractivity contribution >= 4 is 22.9 Å². The van der Waals surface area contributed by atoms with E-state index >= 15 is 0 Å². The monoisotopic (exact) mass is 335 g/mol. The number of aryl methyl sites for hydroxylation is 1. The zero-order valence-electron chi connectivity index (χ0n) is 14.4. The molecular formula is C19H21N5O. The summed E-state index contributed by atoms with van der Waals surface area (Å²) in [5, 5.41) is 3.44. The van der Waals surface area contributed by atoms with E-state index < -0.39 is 0 Å². The number of anilines is 1. The third-order valence-electron chi connectivity index (χ3n) is 5.05. The largest absolute Gasteiger partial charge is 0.355 e. The number of nitrogens with one attached hydrogen (secondary N) is 1. The molecule has 0 spiro atoms. The summed E-state index contributed by atoms with van der Waals surface area (Å²) in [5.74, 6) is 1.20. The number of hydrogen-bond donors (Lipinski definition) is 1. The molecule has 1 saturated heterocycles. The Morgan fingerprint density at radius 1 is 1.16 bits per heavy atom. The third kappa shape index (κ3) is 2.73. The van der Waals surface area contributed by atoms with Crippen LogP contribution in [0.2, 0.25) is 0 Å². The summed E-state index contributed by atoms with van der Waals surface area (Å²) >= 11 is 0. The molecule has 1 aliphatic heterocycles. The van der Waals surface area contributed by atoms with Crippen LogP contribution in [0.1, 0.15) is 18.0 Å². The first-order valence-corrected chi connectivity index (χ1v) is 8.46. The maximum Gasteiger partial charge on any atom is 0.223 e. The zero-order valence-corrected chi connectivity index (χ0v) is 14.4. The Bertz CT molecular complexity index is 905. The summed E-state index contributed by atoms with van der Waals surface area (Å²) in [6.07, 6.45) is 4.10. The third-order valence-corrected chi connectivity index (χ3v) is 5.05. The quantitative estimate of drug-likeness (QED) is 0.796. The van der Waals surface area contributed by atoms with Gasteiger partial charge in [-0.15, -0.1) is 0 Å². The Morgan fingerprint density at radius 2 is 1.92 bits per heavy atom. The second-order valence-electron chi connectivity index (χ2n) is 6.56. The molecule has 4 rings (SSSR count). The number of imidazole rings is 1. The first kappa shape index (κ1) is 15.6. The Morgan fingerprint density at radius 3 is 2.68 bits per heavy atom. The van der Waals surface area contributed by atoms with Crippen molar-refractivity contribution in [1.29, 1.82) is 0 Å². The molecule has 25 heavy (non-hydrogen) atoms. The highest BCUT2D eigenvalue weighted by atomic mass is 16.2. The molecule has 0 unspecified atom stereocenters. The molecule has 3 aromatic rings. The van der Waals surface area contributed by atoms with Crippen LogP contribution in [-0.2, 0) is 11.8 Å². The molecule has 0 radical (unpaired) electrons. The predicted octanol–water partition coefficient (Wildman–Crippen LogP) is 2.60. The van der Waals surface area contributed by atoms with Crippen molar-refractivity contribution in [1.82, 2.24) is 19.4 Å². The minimum atomic E-state index is 0.0673. The van der Waals surface area contributed by atoms with Gasteiger partial charge in [0, 0.05) is 45.4 Å². The smallest absolute Gasteiger partial charge is 0.223 e. The summed E-state index contributed by atoms with van der Waals surface area (Å²) < 4.78 is 2.05. The van der Waals surface area contributed by atoms with Gasteiger partial charge in [0.15, 0.2) is 0 Å². The summed E-state index contributed by atoms with van der Waals surface area (Å²) in [6, 6.07) is 12.1. The van der Waals surface area contributed by atoms with E-state index in [1.807, 2.05) is 49.3 Å². The van der Waals surface area contributed by atoms with Crippen molar-refractivity contribution in [3.05, 3.63) is 54.4 Å². The first-order chi connectivity index (χ1) is 12.1. The molecule has 1 N–H and O–H groups in total. The number of nitrogens with zero attached hydrogens (tertiary/aromatic N) is 4. The van der Waals surface area contributed by atoms with Gasteiger partial charge in [0.25, 0.3) is 0 Å². The maximum atomic E-state index is 12.2. The normalized spacial score (nSPS) is 20.4. The summed E-state index contributed by atoms with van der Waals surface area (Å²) in [6.45, 7) is 0.695. The molecular weight excluding hydrogens is 314 g/mol. The number of amides is 1. The molecule has 0 saturated carbocycles. The minimum Gasteiger partial charge on any atom is -0.355 e. The van der Waals surface area contributed by atoms with Crippen LogP contribution in [0.3, 0.4) is 0 Å². The predicted molar refractivity (Wildman–Crippen MR) is 97.1 cm³/mol. The van der Waals surface area contributed by atoms with Crippen LogP contribution < -0.4 is 5.32 Å². The fraction of sp³-hybridized carbons (Fsp3) is 0.316. The average Bonchev–Trinajstić information content (AvgIpc) is 3.11. The van der Waals surface area contributed by atoms with E-state index in [1.54, 1.807) is 12.4 Å². The number of benzene rings is 1.